The Morgan fingerprint density at radius 3 is 2.55 bits per heavy atom. The highest BCUT2D eigenvalue weighted by Gasteiger charge is 2.15. The number of ether oxygens (including phenoxy) is 1. The highest BCUT2D eigenvalue weighted by atomic mass is 32.2. The Morgan fingerprint density at radius 1 is 1.02 bits per heavy atom. The minimum Gasteiger partial charge on any atom is -0.455 e. The second-order valence-corrected chi connectivity index (χ2v) is 11.9. The Hall–Kier alpha value is -4.09. The minimum atomic E-state index is -3.08. The smallest absolute Gasteiger partial charge is 0.234 e. The molecule has 0 radical (unpaired) electrons. The van der Waals surface area contributed by atoms with Crippen molar-refractivity contribution < 1.29 is 17.9 Å². The summed E-state index contributed by atoms with van der Waals surface area (Å²) in [6.07, 6.45) is 5.06. The van der Waals surface area contributed by atoms with E-state index in [0.29, 0.717) is 18.0 Å². The highest BCUT2D eigenvalue weighted by Crippen LogP contribution is 2.31. The van der Waals surface area contributed by atoms with E-state index in [2.05, 4.69) is 30.9 Å². The number of nitrogens with one attached hydrogen (secondary N) is 3. The molecule has 0 saturated carbocycles. The Morgan fingerprint density at radius 2 is 1.85 bits per heavy atom. The van der Waals surface area contributed by atoms with Crippen LogP contribution >= 0.6 is 0 Å². The van der Waals surface area contributed by atoms with Crippen molar-refractivity contribution in [3.63, 3.8) is 0 Å². The molecule has 11 heteroatoms. The lowest BCUT2D eigenvalue weighted by molar-refractivity contribution is -0.121. The maximum Gasteiger partial charge on any atom is 0.234 e. The van der Waals surface area contributed by atoms with Gasteiger partial charge in [-0.2, -0.15) is 0 Å². The SMILES string of the molecule is CCC(NC(=O)CNCCS(C)(=O)=O)c1ccc2ncnc(Nc3ccc(Oc4ccc(C)nc4)c(C)c3)c2c1. The van der Waals surface area contributed by atoms with Crippen molar-refractivity contribution in [2.24, 2.45) is 0 Å². The summed E-state index contributed by atoms with van der Waals surface area (Å²) in [5, 5.41) is 10.1. The van der Waals surface area contributed by atoms with Crippen LogP contribution in [0.15, 0.2) is 61.1 Å². The lowest BCUT2D eigenvalue weighted by Gasteiger charge is -2.19. The van der Waals surface area contributed by atoms with Crippen LogP contribution in [0.4, 0.5) is 11.5 Å². The summed E-state index contributed by atoms with van der Waals surface area (Å²) in [5.41, 5.74) is 4.41. The molecule has 40 heavy (non-hydrogen) atoms. The van der Waals surface area contributed by atoms with Gasteiger partial charge >= 0.3 is 0 Å². The Bertz CT molecular complexity index is 1590. The lowest BCUT2D eigenvalue weighted by atomic mass is 10.0. The van der Waals surface area contributed by atoms with E-state index in [0.717, 1.165) is 39.2 Å². The minimum absolute atomic E-state index is 0.0164. The molecule has 0 aliphatic heterocycles. The highest BCUT2D eigenvalue weighted by molar-refractivity contribution is 7.90. The molecule has 2 aromatic carbocycles. The number of hydrogen-bond donors (Lipinski definition) is 3. The zero-order chi connectivity index (χ0) is 28.7. The number of hydrogen-bond acceptors (Lipinski definition) is 9. The van der Waals surface area contributed by atoms with Crippen LogP contribution in [-0.2, 0) is 14.6 Å². The third-order valence-corrected chi connectivity index (χ3v) is 7.24. The standard InChI is InChI=1S/C29H34N6O4S/c1-5-25(35-28(36)17-30-12-13-40(4,37)38)21-7-10-26-24(15-21)29(33-18-32-26)34-22-8-11-27(19(2)14-22)39-23-9-6-20(3)31-16-23/h6-11,14-16,18,25,30H,5,12-13,17H2,1-4H3,(H,35,36)(H,32,33,34). The van der Waals surface area contributed by atoms with Crippen molar-refractivity contribution in [1.82, 2.24) is 25.6 Å². The summed E-state index contributed by atoms with van der Waals surface area (Å²) in [5.74, 6) is 1.83. The number of fused-ring (bicyclic) bond motifs is 1. The first-order chi connectivity index (χ1) is 19.1. The van der Waals surface area contributed by atoms with E-state index in [1.807, 2.05) is 69.3 Å². The van der Waals surface area contributed by atoms with Crippen molar-refractivity contribution >= 4 is 38.2 Å². The number of sulfone groups is 1. The van der Waals surface area contributed by atoms with E-state index in [9.17, 15) is 13.2 Å². The number of aryl methyl sites for hydroxylation is 2. The summed E-state index contributed by atoms with van der Waals surface area (Å²) < 4.78 is 28.5. The largest absolute Gasteiger partial charge is 0.455 e. The van der Waals surface area contributed by atoms with Gasteiger partial charge < -0.3 is 20.7 Å². The van der Waals surface area contributed by atoms with E-state index in [-0.39, 0.29) is 30.8 Å². The predicted octanol–water partition coefficient (Wildman–Crippen LogP) is 4.38. The zero-order valence-electron chi connectivity index (χ0n) is 23.1. The topological polar surface area (TPSA) is 135 Å². The number of aromatic nitrogens is 3. The monoisotopic (exact) mass is 562 g/mol. The molecule has 0 aliphatic rings. The van der Waals surface area contributed by atoms with Crippen LogP contribution in [0.1, 0.15) is 36.2 Å². The molecule has 0 spiro atoms. The summed E-state index contributed by atoms with van der Waals surface area (Å²) in [4.78, 5) is 25.7. The molecule has 0 bridgehead atoms. The molecule has 1 amide bonds. The van der Waals surface area contributed by atoms with Crippen molar-refractivity contribution in [1.29, 1.82) is 0 Å². The molecular weight excluding hydrogens is 528 g/mol. The Labute approximate surface area is 234 Å². The maximum atomic E-state index is 12.5. The quantitative estimate of drug-likeness (QED) is 0.215. The first kappa shape index (κ1) is 28.9. The fourth-order valence-corrected chi connectivity index (χ4v) is 4.65. The number of rotatable bonds is 12. The van der Waals surface area contributed by atoms with E-state index in [4.69, 9.17) is 4.74 Å². The van der Waals surface area contributed by atoms with E-state index in [1.54, 1.807) is 6.20 Å². The molecule has 2 heterocycles. The second kappa shape index (κ2) is 12.8. The van der Waals surface area contributed by atoms with E-state index >= 15 is 0 Å². The molecule has 0 aliphatic carbocycles. The molecular formula is C29H34N6O4S. The van der Waals surface area contributed by atoms with Crippen molar-refractivity contribution in [3.05, 3.63) is 77.9 Å². The second-order valence-electron chi connectivity index (χ2n) is 9.68. The van der Waals surface area contributed by atoms with Crippen LogP contribution in [0.5, 0.6) is 11.5 Å². The van der Waals surface area contributed by atoms with Crippen molar-refractivity contribution in [3.8, 4) is 11.5 Å². The molecule has 3 N–H and O–H groups in total. The van der Waals surface area contributed by atoms with Crippen LogP contribution in [0.25, 0.3) is 10.9 Å². The molecule has 0 fully saturated rings. The third-order valence-electron chi connectivity index (χ3n) is 6.29. The van der Waals surface area contributed by atoms with Gasteiger partial charge in [0.25, 0.3) is 0 Å². The van der Waals surface area contributed by atoms with E-state index in [1.165, 1.54) is 12.6 Å². The molecule has 10 nitrogen and oxygen atoms in total. The molecule has 2 aromatic heterocycles. The number of carbonyl (C=O) groups excluding carboxylic acids is 1. The number of amides is 1. The number of anilines is 2. The predicted molar refractivity (Wildman–Crippen MR) is 157 cm³/mol. The van der Waals surface area contributed by atoms with Crippen LogP contribution in [0.3, 0.4) is 0 Å². The third kappa shape index (κ3) is 7.96. The van der Waals surface area contributed by atoms with Gasteiger partial charge in [-0.15, -0.1) is 0 Å². The summed E-state index contributed by atoms with van der Waals surface area (Å²) in [6.45, 7) is 6.16. The zero-order valence-corrected chi connectivity index (χ0v) is 23.9. The number of carbonyl (C=O) groups is 1. The molecule has 4 aromatic rings. The maximum absolute atomic E-state index is 12.5. The first-order valence-electron chi connectivity index (χ1n) is 13.0. The van der Waals surface area contributed by atoms with E-state index < -0.39 is 9.84 Å². The summed E-state index contributed by atoms with van der Waals surface area (Å²) in [7, 11) is -3.08. The van der Waals surface area contributed by atoms with Crippen LogP contribution in [0, 0.1) is 13.8 Å². The Balaban J connectivity index is 1.47. The first-order valence-corrected chi connectivity index (χ1v) is 15.1. The van der Waals surface area contributed by atoms with Gasteiger partial charge in [-0.3, -0.25) is 9.78 Å². The van der Waals surface area contributed by atoms with Gasteiger partial charge in [0.05, 0.1) is 30.1 Å². The van der Waals surface area contributed by atoms with Crippen LogP contribution in [-0.4, -0.2) is 54.4 Å². The number of nitrogens with zero attached hydrogens (tertiary/aromatic N) is 3. The van der Waals surface area contributed by atoms with Crippen molar-refractivity contribution in [2.45, 2.75) is 33.2 Å². The van der Waals surface area contributed by atoms with Gasteiger partial charge in [0.2, 0.25) is 5.91 Å². The fraction of sp³-hybridized carbons (Fsp3) is 0.310. The molecule has 0 saturated heterocycles. The molecule has 4 rings (SSSR count). The van der Waals surface area contributed by atoms with Crippen LogP contribution in [0.2, 0.25) is 0 Å². The average molecular weight is 563 g/mol. The Kier molecular flexibility index (Phi) is 9.28. The van der Waals surface area contributed by atoms with Crippen molar-refractivity contribution in [2.75, 3.05) is 30.4 Å². The number of benzene rings is 2. The van der Waals surface area contributed by atoms with Gasteiger partial charge in [-0.25, -0.2) is 18.4 Å². The summed E-state index contributed by atoms with van der Waals surface area (Å²) in [6, 6.07) is 15.2. The normalized spacial score (nSPS) is 12.2. The van der Waals surface area contributed by atoms with Gasteiger partial charge in [0.1, 0.15) is 33.5 Å². The summed E-state index contributed by atoms with van der Waals surface area (Å²) >= 11 is 0. The van der Waals surface area contributed by atoms with Gasteiger partial charge in [-0.1, -0.05) is 13.0 Å². The van der Waals surface area contributed by atoms with Gasteiger partial charge in [-0.05, 0) is 73.9 Å². The molecule has 1 unspecified atom stereocenters. The number of pyridine rings is 1. The fourth-order valence-electron chi connectivity index (χ4n) is 4.14. The average Bonchev–Trinajstić information content (AvgIpc) is 2.92. The van der Waals surface area contributed by atoms with Gasteiger partial charge in [0, 0.05) is 29.6 Å². The molecule has 1 atom stereocenters. The van der Waals surface area contributed by atoms with Crippen LogP contribution < -0.4 is 20.7 Å². The molecule has 210 valence electrons. The van der Waals surface area contributed by atoms with Gasteiger partial charge in [0.15, 0.2) is 0 Å². The lowest BCUT2D eigenvalue weighted by Crippen LogP contribution is -2.37.